The van der Waals surface area contributed by atoms with Crippen molar-refractivity contribution >= 4 is 29.6 Å². The van der Waals surface area contributed by atoms with Gasteiger partial charge in [0.1, 0.15) is 11.9 Å². The molecule has 0 unspecified atom stereocenters. The van der Waals surface area contributed by atoms with Crippen LogP contribution in [-0.2, 0) is 14.3 Å². The molecule has 0 aliphatic rings. The summed E-state index contributed by atoms with van der Waals surface area (Å²) in [6.45, 7) is 5.86. The molecule has 0 heterocycles. The first-order chi connectivity index (χ1) is 10.6. The largest absolute Gasteiger partial charge is 0.467 e. The van der Waals surface area contributed by atoms with Gasteiger partial charge in [-0.15, -0.1) is 0 Å². The van der Waals surface area contributed by atoms with E-state index in [2.05, 4.69) is 5.32 Å². The van der Waals surface area contributed by atoms with Crippen molar-refractivity contribution in [3.05, 3.63) is 40.7 Å². The van der Waals surface area contributed by atoms with Gasteiger partial charge in [-0.25, -0.2) is 9.18 Å². The van der Waals surface area contributed by atoms with Gasteiger partial charge in [0, 0.05) is 16.7 Å². The van der Waals surface area contributed by atoms with E-state index in [1.54, 1.807) is 0 Å². The van der Waals surface area contributed by atoms with Crippen molar-refractivity contribution in [2.24, 2.45) is 5.41 Å². The van der Waals surface area contributed by atoms with Gasteiger partial charge in [0.05, 0.1) is 7.11 Å². The summed E-state index contributed by atoms with van der Waals surface area (Å²) in [6.07, 6.45) is 2.92. The first-order valence-electron chi connectivity index (χ1n) is 7.14. The van der Waals surface area contributed by atoms with Crippen LogP contribution in [0.5, 0.6) is 0 Å². The molecule has 0 spiro atoms. The Bertz CT molecular complexity index is 608. The number of benzene rings is 1. The Labute approximate surface area is 140 Å². The average Bonchev–Trinajstić information content (AvgIpc) is 2.43. The molecule has 0 radical (unpaired) electrons. The predicted octanol–water partition coefficient (Wildman–Crippen LogP) is 3.59. The third-order valence-corrected chi connectivity index (χ3v) is 3.23. The molecular weight excluding hydrogens is 321 g/mol. The van der Waals surface area contributed by atoms with E-state index < -0.39 is 23.7 Å². The number of hydrogen-bond donors (Lipinski definition) is 1. The van der Waals surface area contributed by atoms with E-state index in [0.29, 0.717) is 6.42 Å². The van der Waals surface area contributed by atoms with E-state index in [0.717, 1.165) is 6.07 Å². The van der Waals surface area contributed by atoms with Crippen LogP contribution in [0.15, 0.2) is 24.3 Å². The molecule has 0 saturated heterocycles. The summed E-state index contributed by atoms with van der Waals surface area (Å²) < 4.78 is 18.3. The van der Waals surface area contributed by atoms with Crippen molar-refractivity contribution in [3.8, 4) is 0 Å². The smallest absolute Gasteiger partial charge is 0.328 e. The molecule has 1 rings (SSSR count). The van der Waals surface area contributed by atoms with Gasteiger partial charge in [0.2, 0.25) is 5.91 Å². The number of carbonyl (C=O) groups is 2. The summed E-state index contributed by atoms with van der Waals surface area (Å²) in [5.41, 5.74) is 0.0630. The second kappa shape index (κ2) is 8.11. The number of hydrogen-bond acceptors (Lipinski definition) is 3. The highest BCUT2D eigenvalue weighted by Crippen LogP contribution is 2.21. The molecule has 0 aliphatic heterocycles. The minimum absolute atomic E-state index is 0.169. The molecule has 0 aromatic heterocycles. The number of rotatable bonds is 5. The lowest BCUT2D eigenvalue weighted by Crippen LogP contribution is -2.43. The minimum atomic E-state index is -0.757. The molecule has 6 heteroatoms. The van der Waals surface area contributed by atoms with Gasteiger partial charge >= 0.3 is 5.97 Å². The van der Waals surface area contributed by atoms with Gasteiger partial charge in [-0.2, -0.15) is 0 Å². The fourth-order valence-corrected chi connectivity index (χ4v) is 2.13. The molecular formula is C17H21ClFNO3. The maximum absolute atomic E-state index is 13.6. The summed E-state index contributed by atoms with van der Waals surface area (Å²) >= 11 is 5.67. The van der Waals surface area contributed by atoms with Crippen LogP contribution in [0, 0.1) is 11.2 Å². The van der Waals surface area contributed by atoms with Crippen LogP contribution in [0.25, 0.3) is 6.08 Å². The fourth-order valence-electron chi connectivity index (χ4n) is 1.97. The predicted molar refractivity (Wildman–Crippen MR) is 88.5 cm³/mol. The summed E-state index contributed by atoms with van der Waals surface area (Å²) in [4.78, 5) is 23.7. The molecule has 126 valence electrons. The Morgan fingerprint density at radius 2 is 2.04 bits per heavy atom. The van der Waals surface area contributed by atoms with E-state index in [1.165, 1.54) is 31.4 Å². The van der Waals surface area contributed by atoms with Crippen LogP contribution in [0.4, 0.5) is 4.39 Å². The number of halogens is 2. The van der Waals surface area contributed by atoms with Crippen LogP contribution < -0.4 is 5.32 Å². The zero-order valence-corrected chi connectivity index (χ0v) is 14.4. The fraction of sp³-hybridized carbons (Fsp3) is 0.412. The normalized spacial score (nSPS) is 13.0. The summed E-state index contributed by atoms with van der Waals surface area (Å²) in [6, 6.07) is 3.40. The number of ether oxygens (including phenoxy) is 1. The van der Waals surface area contributed by atoms with Crippen molar-refractivity contribution in [2.75, 3.05) is 7.11 Å². The minimum Gasteiger partial charge on any atom is -0.467 e. The van der Waals surface area contributed by atoms with E-state index in [4.69, 9.17) is 16.3 Å². The molecule has 4 nitrogen and oxygen atoms in total. The van der Waals surface area contributed by atoms with Gasteiger partial charge in [0.25, 0.3) is 0 Å². The highest BCUT2D eigenvalue weighted by molar-refractivity contribution is 6.30. The maximum atomic E-state index is 13.6. The van der Waals surface area contributed by atoms with Crippen LogP contribution in [0.3, 0.4) is 0 Å². The first kappa shape index (κ1) is 19.2. The van der Waals surface area contributed by atoms with Crippen molar-refractivity contribution < 1.29 is 18.7 Å². The lowest BCUT2D eigenvalue weighted by Gasteiger charge is -2.24. The second-order valence-corrected chi connectivity index (χ2v) is 6.78. The lowest BCUT2D eigenvalue weighted by atomic mass is 9.88. The number of methoxy groups -OCH3 is 1. The molecule has 0 aliphatic carbocycles. The SMILES string of the molecule is COC(=O)[C@H](CC(C)(C)C)NC(=O)/C=C/c1ccc(Cl)cc1F. The van der Waals surface area contributed by atoms with Crippen molar-refractivity contribution in [2.45, 2.75) is 33.2 Å². The number of amides is 1. The zero-order valence-electron chi connectivity index (χ0n) is 13.7. The van der Waals surface area contributed by atoms with E-state index in [9.17, 15) is 14.0 Å². The summed E-state index contributed by atoms with van der Waals surface area (Å²) in [7, 11) is 1.27. The van der Waals surface area contributed by atoms with Crippen molar-refractivity contribution in [1.82, 2.24) is 5.32 Å². The maximum Gasteiger partial charge on any atom is 0.328 e. The third kappa shape index (κ3) is 6.82. The molecule has 0 fully saturated rings. The van der Waals surface area contributed by atoms with E-state index in [-0.39, 0.29) is 16.0 Å². The van der Waals surface area contributed by atoms with Crippen molar-refractivity contribution in [1.29, 1.82) is 0 Å². The molecule has 1 N–H and O–H groups in total. The Morgan fingerprint density at radius 3 is 2.57 bits per heavy atom. The Morgan fingerprint density at radius 1 is 1.39 bits per heavy atom. The molecule has 1 aromatic carbocycles. The molecule has 1 atom stereocenters. The van der Waals surface area contributed by atoms with Gasteiger partial charge in [-0.1, -0.05) is 38.4 Å². The van der Waals surface area contributed by atoms with Gasteiger partial charge < -0.3 is 10.1 Å². The summed E-state index contributed by atoms with van der Waals surface area (Å²) in [5.74, 6) is -1.54. The molecule has 23 heavy (non-hydrogen) atoms. The second-order valence-electron chi connectivity index (χ2n) is 6.35. The zero-order chi connectivity index (χ0) is 17.6. The molecule has 1 aromatic rings. The van der Waals surface area contributed by atoms with Gasteiger partial charge in [-0.05, 0) is 30.0 Å². The van der Waals surface area contributed by atoms with E-state index >= 15 is 0 Å². The summed E-state index contributed by atoms with van der Waals surface area (Å²) in [5, 5.41) is 2.85. The Balaban J connectivity index is 2.78. The number of nitrogens with one attached hydrogen (secondary N) is 1. The third-order valence-electron chi connectivity index (χ3n) is 3.00. The van der Waals surface area contributed by atoms with Crippen LogP contribution in [0.1, 0.15) is 32.8 Å². The quantitative estimate of drug-likeness (QED) is 0.657. The molecule has 0 bridgehead atoms. The van der Waals surface area contributed by atoms with E-state index in [1.807, 2.05) is 20.8 Å². The molecule has 1 amide bonds. The number of carbonyl (C=O) groups excluding carboxylic acids is 2. The van der Waals surface area contributed by atoms with Crippen LogP contribution in [0.2, 0.25) is 5.02 Å². The average molecular weight is 342 g/mol. The Hall–Kier alpha value is -1.88. The number of esters is 1. The van der Waals surface area contributed by atoms with Gasteiger partial charge in [0.15, 0.2) is 0 Å². The van der Waals surface area contributed by atoms with Crippen LogP contribution >= 0.6 is 11.6 Å². The Kier molecular flexibility index (Phi) is 6.76. The van der Waals surface area contributed by atoms with Crippen LogP contribution in [-0.4, -0.2) is 25.0 Å². The first-order valence-corrected chi connectivity index (χ1v) is 7.51. The highest BCUT2D eigenvalue weighted by Gasteiger charge is 2.26. The monoisotopic (exact) mass is 341 g/mol. The highest BCUT2D eigenvalue weighted by atomic mass is 35.5. The molecule has 0 saturated carbocycles. The lowest BCUT2D eigenvalue weighted by molar-refractivity contribution is -0.145. The topological polar surface area (TPSA) is 55.4 Å². The van der Waals surface area contributed by atoms with Gasteiger partial charge in [-0.3, -0.25) is 4.79 Å². The van der Waals surface area contributed by atoms with Crippen molar-refractivity contribution in [3.63, 3.8) is 0 Å². The standard InChI is InChI=1S/C17H21ClFNO3/c1-17(2,3)10-14(16(22)23-4)20-15(21)8-6-11-5-7-12(18)9-13(11)19/h5-9,14H,10H2,1-4H3,(H,20,21)/b8-6+/t14-/m0/s1.